The number of amides is 2. The maximum Gasteiger partial charge on any atom is 0.253 e. The molecule has 3 heterocycles. The van der Waals surface area contributed by atoms with Gasteiger partial charge in [0.2, 0.25) is 5.91 Å². The van der Waals surface area contributed by atoms with E-state index < -0.39 is 11.5 Å². The molecular weight excluding hydrogens is 382 g/mol. The van der Waals surface area contributed by atoms with Gasteiger partial charge in [0.1, 0.15) is 5.54 Å². The number of para-hydroxylation sites is 1. The Hall–Kier alpha value is -2.31. The van der Waals surface area contributed by atoms with Gasteiger partial charge in [0.15, 0.2) is 0 Å². The molecule has 3 unspecified atom stereocenters. The second-order valence-electron chi connectivity index (χ2n) is 8.10. The number of carbonyl (C=O) groups excluding carboxylic acids is 2. The third-order valence-electron chi connectivity index (χ3n) is 6.54. The molecule has 5 rings (SSSR count). The zero-order valence-corrected chi connectivity index (χ0v) is 17.5. The molecule has 0 radical (unpaired) electrons. The van der Waals surface area contributed by atoms with Crippen LogP contribution in [0.25, 0.3) is 0 Å². The largest absolute Gasteiger partial charge is 0.326 e. The Morgan fingerprint density at radius 1 is 1.24 bits per heavy atom. The highest BCUT2D eigenvalue weighted by Crippen LogP contribution is 2.57. The van der Waals surface area contributed by atoms with E-state index in [1.165, 1.54) is 0 Å². The van der Waals surface area contributed by atoms with Crippen molar-refractivity contribution in [3.05, 3.63) is 59.7 Å². The van der Waals surface area contributed by atoms with Crippen LogP contribution in [0.2, 0.25) is 0 Å². The Bertz CT molecular complexity index is 994. The first-order chi connectivity index (χ1) is 14.1. The van der Waals surface area contributed by atoms with Gasteiger partial charge in [0, 0.05) is 41.2 Å². The van der Waals surface area contributed by atoms with E-state index in [0.29, 0.717) is 13.0 Å². The SMILES string of the molecule is CCN1C(=O)C2(c3ccccc31)C(C(=O)Nc1cccc(C)c1)CC1CSCN12. The van der Waals surface area contributed by atoms with Gasteiger partial charge in [0.05, 0.1) is 5.92 Å². The minimum atomic E-state index is -0.894. The molecule has 29 heavy (non-hydrogen) atoms. The molecule has 2 fully saturated rings. The first kappa shape index (κ1) is 18.7. The highest BCUT2D eigenvalue weighted by molar-refractivity contribution is 7.99. The summed E-state index contributed by atoms with van der Waals surface area (Å²) < 4.78 is 0. The van der Waals surface area contributed by atoms with Gasteiger partial charge in [-0.25, -0.2) is 0 Å². The summed E-state index contributed by atoms with van der Waals surface area (Å²) in [5.74, 6) is 1.35. The molecule has 2 saturated heterocycles. The predicted molar refractivity (Wildman–Crippen MR) is 117 cm³/mol. The van der Waals surface area contributed by atoms with E-state index in [1.807, 2.05) is 79.0 Å². The number of aryl methyl sites for hydroxylation is 1. The molecule has 6 heteroatoms. The van der Waals surface area contributed by atoms with E-state index in [9.17, 15) is 9.59 Å². The minimum Gasteiger partial charge on any atom is -0.326 e. The fourth-order valence-electron chi connectivity index (χ4n) is 5.35. The molecule has 2 aromatic rings. The lowest BCUT2D eigenvalue weighted by molar-refractivity contribution is -0.136. The Balaban J connectivity index is 1.61. The number of nitrogens with zero attached hydrogens (tertiary/aromatic N) is 2. The van der Waals surface area contributed by atoms with E-state index in [-0.39, 0.29) is 17.9 Å². The zero-order chi connectivity index (χ0) is 20.2. The molecule has 0 bridgehead atoms. The van der Waals surface area contributed by atoms with Crippen molar-refractivity contribution in [2.45, 2.75) is 31.8 Å². The molecule has 0 saturated carbocycles. The third kappa shape index (κ3) is 2.58. The van der Waals surface area contributed by atoms with Gasteiger partial charge in [-0.1, -0.05) is 30.3 Å². The molecule has 5 nitrogen and oxygen atoms in total. The molecule has 2 aromatic carbocycles. The van der Waals surface area contributed by atoms with Crippen molar-refractivity contribution >= 4 is 35.0 Å². The standard InChI is InChI=1S/C23H25N3O2S/c1-3-25-20-10-5-4-9-18(20)23(22(25)28)19(12-17-13-29-14-26(17)23)21(27)24-16-8-6-7-15(2)11-16/h4-11,17,19H,3,12-14H2,1-2H3,(H,24,27). The zero-order valence-electron chi connectivity index (χ0n) is 16.7. The number of anilines is 2. The first-order valence-electron chi connectivity index (χ1n) is 10.2. The van der Waals surface area contributed by atoms with Gasteiger partial charge in [-0.2, -0.15) is 0 Å². The molecule has 3 aliphatic heterocycles. The monoisotopic (exact) mass is 407 g/mol. The number of nitrogens with one attached hydrogen (secondary N) is 1. The number of hydrogen-bond donors (Lipinski definition) is 1. The molecule has 3 aliphatic rings. The van der Waals surface area contributed by atoms with E-state index >= 15 is 0 Å². The van der Waals surface area contributed by atoms with Gasteiger partial charge < -0.3 is 10.2 Å². The van der Waals surface area contributed by atoms with Crippen molar-refractivity contribution in [1.29, 1.82) is 0 Å². The highest BCUT2D eigenvalue weighted by Gasteiger charge is 2.67. The Morgan fingerprint density at radius 2 is 2.07 bits per heavy atom. The van der Waals surface area contributed by atoms with E-state index in [2.05, 4.69) is 10.2 Å². The lowest BCUT2D eigenvalue weighted by Crippen LogP contribution is -2.55. The second kappa shape index (κ2) is 6.89. The lowest BCUT2D eigenvalue weighted by Gasteiger charge is -2.36. The normalized spacial score (nSPS) is 28.1. The summed E-state index contributed by atoms with van der Waals surface area (Å²) in [5, 5.41) is 3.11. The van der Waals surface area contributed by atoms with Crippen molar-refractivity contribution in [3.8, 4) is 0 Å². The number of rotatable bonds is 3. The van der Waals surface area contributed by atoms with Crippen LogP contribution >= 0.6 is 11.8 Å². The number of fused-ring (bicyclic) bond motifs is 4. The fourth-order valence-corrected chi connectivity index (χ4v) is 6.65. The molecule has 3 atom stereocenters. The summed E-state index contributed by atoms with van der Waals surface area (Å²) in [4.78, 5) is 31.6. The van der Waals surface area contributed by atoms with Gasteiger partial charge in [0.25, 0.3) is 5.91 Å². The topological polar surface area (TPSA) is 52.7 Å². The predicted octanol–water partition coefficient (Wildman–Crippen LogP) is 3.59. The molecule has 0 aromatic heterocycles. The van der Waals surface area contributed by atoms with E-state index in [4.69, 9.17) is 0 Å². The van der Waals surface area contributed by atoms with E-state index in [1.54, 1.807) is 0 Å². The molecule has 1 spiro atoms. The van der Waals surface area contributed by atoms with Crippen LogP contribution < -0.4 is 10.2 Å². The Labute approximate surface area is 175 Å². The summed E-state index contributed by atoms with van der Waals surface area (Å²) in [5.41, 5.74) is 2.93. The fraction of sp³-hybridized carbons (Fsp3) is 0.391. The van der Waals surface area contributed by atoms with Crippen LogP contribution in [0.5, 0.6) is 0 Å². The van der Waals surface area contributed by atoms with Crippen LogP contribution in [-0.4, -0.2) is 40.9 Å². The number of carbonyl (C=O) groups is 2. The van der Waals surface area contributed by atoms with Crippen molar-refractivity contribution in [3.63, 3.8) is 0 Å². The Kier molecular flexibility index (Phi) is 4.44. The molecule has 2 amide bonds. The van der Waals surface area contributed by atoms with Crippen LogP contribution in [0.15, 0.2) is 48.5 Å². The number of hydrogen-bond acceptors (Lipinski definition) is 4. The van der Waals surface area contributed by atoms with Crippen molar-refractivity contribution in [2.24, 2.45) is 5.92 Å². The van der Waals surface area contributed by atoms with Crippen molar-refractivity contribution in [2.75, 3.05) is 28.4 Å². The smallest absolute Gasteiger partial charge is 0.253 e. The molecule has 1 N–H and O–H groups in total. The maximum atomic E-state index is 13.9. The van der Waals surface area contributed by atoms with Gasteiger partial charge >= 0.3 is 0 Å². The average Bonchev–Trinajstić information content (AvgIpc) is 3.35. The molecule has 0 aliphatic carbocycles. The van der Waals surface area contributed by atoms with Crippen LogP contribution in [0, 0.1) is 12.8 Å². The van der Waals surface area contributed by atoms with Crippen molar-refractivity contribution < 1.29 is 9.59 Å². The number of likely N-dealkylation sites (N-methyl/N-ethyl adjacent to an activating group) is 1. The number of thioether (sulfide) groups is 1. The second-order valence-corrected chi connectivity index (χ2v) is 9.10. The summed E-state index contributed by atoms with van der Waals surface area (Å²) in [6.07, 6.45) is 0.711. The molecular formula is C23H25N3O2S. The van der Waals surface area contributed by atoms with Crippen LogP contribution in [0.1, 0.15) is 24.5 Å². The third-order valence-corrected chi connectivity index (χ3v) is 7.62. The average molecular weight is 408 g/mol. The van der Waals surface area contributed by atoms with E-state index in [0.717, 1.165) is 34.1 Å². The summed E-state index contributed by atoms with van der Waals surface area (Å²) >= 11 is 1.86. The summed E-state index contributed by atoms with van der Waals surface area (Å²) in [6.45, 7) is 4.62. The van der Waals surface area contributed by atoms with Gasteiger partial charge in [-0.3, -0.25) is 14.5 Å². The van der Waals surface area contributed by atoms with Crippen LogP contribution in [-0.2, 0) is 15.1 Å². The molecule has 150 valence electrons. The van der Waals surface area contributed by atoms with Crippen LogP contribution in [0.3, 0.4) is 0 Å². The maximum absolute atomic E-state index is 13.9. The lowest BCUT2D eigenvalue weighted by atomic mass is 9.78. The minimum absolute atomic E-state index is 0.0515. The van der Waals surface area contributed by atoms with Crippen LogP contribution in [0.4, 0.5) is 11.4 Å². The first-order valence-corrected chi connectivity index (χ1v) is 11.4. The highest BCUT2D eigenvalue weighted by atomic mass is 32.2. The quantitative estimate of drug-likeness (QED) is 0.845. The van der Waals surface area contributed by atoms with Gasteiger partial charge in [-0.15, -0.1) is 11.8 Å². The van der Waals surface area contributed by atoms with Crippen molar-refractivity contribution in [1.82, 2.24) is 4.90 Å². The number of benzene rings is 2. The van der Waals surface area contributed by atoms with Gasteiger partial charge in [-0.05, 0) is 44.0 Å². The summed E-state index contributed by atoms with van der Waals surface area (Å²) in [7, 11) is 0. The summed E-state index contributed by atoms with van der Waals surface area (Å²) in [6, 6.07) is 16.1. The Morgan fingerprint density at radius 3 is 2.86 bits per heavy atom.